The Morgan fingerprint density at radius 1 is 1.31 bits per heavy atom. The van der Waals surface area contributed by atoms with Gasteiger partial charge in [-0.2, -0.15) is 0 Å². The number of carboxylic acid groups (broad SMARTS) is 1. The molecule has 1 aromatic carbocycles. The van der Waals surface area contributed by atoms with Gasteiger partial charge in [-0.05, 0) is 18.1 Å². The Kier molecular flexibility index (Phi) is 4.10. The number of aryl methyl sites for hydroxylation is 1. The van der Waals surface area contributed by atoms with Crippen LogP contribution in [0.15, 0.2) is 12.1 Å². The highest BCUT2D eigenvalue weighted by molar-refractivity contribution is 5.67. The monoisotopic (exact) mass is 228 g/mol. The molecule has 0 bridgehead atoms. The van der Waals surface area contributed by atoms with Crippen molar-refractivity contribution >= 4 is 5.97 Å². The third kappa shape index (κ3) is 2.85. The van der Waals surface area contributed by atoms with Gasteiger partial charge in [-0.25, -0.2) is 4.39 Å². The van der Waals surface area contributed by atoms with Crippen molar-refractivity contribution < 1.29 is 23.8 Å². The summed E-state index contributed by atoms with van der Waals surface area (Å²) < 4.78 is 23.1. The van der Waals surface area contributed by atoms with Crippen molar-refractivity contribution in [2.75, 3.05) is 14.2 Å². The molecule has 1 aromatic rings. The summed E-state index contributed by atoms with van der Waals surface area (Å²) in [5.74, 6) is -1.02. The van der Waals surface area contributed by atoms with Crippen LogP contribution in [0.2, 0.25) is 0 Å². The lowest BCUT2D eigenvalue weighted by Crippen LogP contribution is -2.01. The maximum Gasteiger partial charge on any atom is 0.303 e. The summed E-state index contributed by atoms with van der Waals surface area (Å²) in [5.41, 5.74) is 0.614. The molecule has 1 N–H and O–H groups in total. The van der Waals surface area contributed by atoms with Gasteiger partial charge in [0.1, 0.15) is 5.75 Å². The quantitative estimate of drug-likeness (QED) is 0.835. The van der Waals surface area contributed by atoms with E-state index in [0.29, 0.717) is 11.3 Å². The SMILES string of the molecule is COc1cc(CCC(=O)O)c(OC)cc1F. The molecule has 0 heterocycles. The lowest BCUT2D eigenvalue weighted by Gasteiger charge is -2.10. The molecule has 0 spiro atoms. The number of carbonyl (C=O) groups is 1. The van der Waals surface area contributed by atoms with Gasteiger partial charge >= 0.3 is 5.97 Å². The summed E-state index contributed by atoms with van der Waals surface area (Å²) in [6.45, 7) is 0. The predicted octanol–water partition coefficient (Wildman–Crippen LogP) is 1.86. The fourth-order valence-electron chi connectivity index (χ4n) is 1.36. The fraction of sp³-hybridized carbons (Fsp3) is 0.364. The van der Waals surface area contributed by atoms with Crippen molar-refractivity contribution in [3.8, 4) is 11.5 Å². The van der Waals surface area contributed by atoms with Crippen molar-refractivity contribution in [3.05, 3.63) is 23.5 Å². The molecule has 16 heavy (non-hydrogen) atoms. The Bertz CT molecular complexity index is 390. The molecule has 0 fully saturated rings. The second-order valence-corrected chi connectivity index (χ2v) is 3.19. The van der Waals surface area contributed by atoms with Gasteiger partial charge in [0.2, 0.25) is 0 Å². The molecule has 5 heteroatoms. The molecular formula is C11H13FO4. The highest BCUT2D eigenvalue weighted by atomic mass is 19.1. The zero-order valence-corrected chi connectivity index (χ0v) is 9.12. The molecule has 0 saturated carbocycles. The molecular weight excluding hydrogens is 215 g/mol. The van der Waals surface area contributed by atoms with Crippen molar-refractivity contribution in [1.29, 1.82) is 0 Å². The maximum absolute atomic E-state index is 13.3. The van der Waals surface area contributed by atoms with Gasteiger partial charge in [0, 0.05) is 12.5 Å². The Hall–Kier alpha value is -1.78. The molecule has 0 atom stereocenters. The molecule has 0 unspecified atom stereocenters. The zero-order valence-electron chi connectivity index (χ0n) is 9.12. The minimum absolute atomic E-state index is 0.0366. The Morgan fingerprint density at radius 3 is 2.44 bits per heavy atom. The van der Waals surface area contributed by atoms with Crippen LogP contribution >= 0.6 is 0 Å². The topological polar surface area (TPSA) is 55.8 Å². The molecule has 0 aliphatic rings. The van der Waals surface area contributed by atoms with Crippen LogP contribution in [0, 0.1) is 5.82 Å². The molecule has 0 aromatic heterocycles. The number of hydrogen-bond acceptors (Lipinski definition) is 3. The standard InChI is InChI=1S/C11H13FO4/c1-15-9-6-8(12)10(16-2)5-7(9)3-4-11(13)14/h5-6H,3-4H2,1-2H3,(H,13,14). The first-order chi connectivity index (χ1) is 7.58. The first-order valence-electron chi connectivity index (χ1n) is 4.70. The van der Waals surface area contributed by atoms with E-state index < -0.39 is 11.8 Å². The zero-order chi connectivity index (χ0) is 12.1. The molecule has 0 aliphatic heterocycles. The number of methoxy groups -OCH3 is 2. The van der Waals surface area contributed by atoms with Gasteiger partial charge in [0.15, 0.2) is 11.6 Å². The average Bonchev–Trinajstić information content (AvgIpc) is 2.26. The van der Waals surface area contributed by atoms with Gasteiger partial charge in [-0.15, -0.1) is 0 Å². The number of hydrogen-bond donors (Lipinski definition) is 1. The molecule has 0 saturated heterocycles. The van der Waals surface area contributed by atoms with Crippen LogP contribution in [-0.2, 0) is 11.2 Å². The van der Waals surface area contributed by atoms with Crippen LogP contribution in [0.3, 0.4) is 0 Å². The Morgan fingerprint density at radius 2 is 1.94 bits per heavy atom. The van der Waals surface area contributed by atoms with Crippen molar-refractivity contribution in [2.24, 2.45) is 0 Å². The van der Waals surface area contributed by atoms with Crippen LogP contribution in [0.25, 0.3) is 0 Å². The first-order valence-corrected chi connectivity index (χ1v) is 4.70. The van der Waals surface area contributed by atoms with E-state index in [1.807, 2.05) is 0 Å². The summed E-state index contributed by atoms with van der Waals surface area (Å²) in [6, 6.07) is 2.65. The van der Waals surface area contributed by atoms with Crippen molar-refractivity contribution in [1.82, 2.24) is 0 Å². The molecule has 0 radical (unpaired) electrons. The van der Waals surface area contributed by atoms with E-state index in [2.05, 4.69) is 0 Å². The number of ether oxygens (including phenoxy) is 2. The van der Waals surface area contributed by atoms with E-state index in [1.54, 1.807) is 0 Å². The molecule has 0 amide bonds. The first kappa shape index (κ1) is 12.3. The largest absolute Gasteiger partial charge is 0.496 e. The third-order valence-electron chi connectivity index (χ3n) is 2.16. The van der Waals surface area contributed by atoms with Crippen LogP contribution in [0.4, 0.5) is 4.39 Å². The number of rotatable bonds is 5. The summed E-state index contributed by atoms with van der Waals surface area (Å²) >= 11 is 0. The van der Waals surface area contributed by atoms with E-state index >= 15 is 0 Å². The van der Waals surface area contributed by atoms with E-state index in [9.17, 15) is 9.18 Å². The Labute approximate surface area is 92.6 Å². The van der Waals surface area contributed by atoms with Crippen LogP contribution < -0.4 is 9.47 Å². The van der Waals surface area contributed by atoms with E-state index in [4.69, 9.17) is 14.6 Å². The second kappa shape index (κ2) is 5.34. The second-order valence-electron chi connectivity index (χ2n) is 3.19. The summed E-state index contributed by atoms with van der Waals surface area (Å²) in [6.07, 6.45) is 0.236. The molecule has 88 valence electrons. The molecule has 1 rings (SSSR count). The highest BCUT2D eigenvalue weighted by Gasteiger charge is 2.11. The molecule has 0 aliphatic carbocycles. The number of halogens is 1. The molecule has 4 nitrogen and oxygen atoms in total. The average molecular weight is 228 g/mol. The van der Waals surface area contributed by atoms with Crippen LogP contribution in [0.5, 0.6) is 11.5 Å². The minimum atomic E-state index is -0.912. The Balaban J connectivity index is 2.99. The van der Waals surface area contributed by atoms with Gasteiger partial charge in [0.25, 0.3) is 0 Å². The van der Waals surface area contributed by atoms with E-state index in [-0.39, 0.29) is 18.6 Å². The van der Waals surface area contributed by atoms with E-state index in [1.165, 1.54) is 26.4 Å². The minimum Gasteiger partial charge on any atom is -0.496 e. The normalized spacial score (nSPS) is 9.94. The van der Waals surface area contributed by atoms with Crippen LogP contribution in [0.1, 0.15) is 12.0 Å². The highest BCUT2D eigenvalue weighted by Crippen LogP contribution is 2.28. The van der Waals surface area contributed by atoms with Gasteiger partial charge in [-0.3, -0.25) is 4.79 Å². The van der Waals surface area contributed by atoms with Crippen LogP contribution in [-0.4, -0.2) is 25.3 Å². The fourth-order valence-corrected chi connectivity index (χ4v) is 1.36. The summed E-state index contributed by atoms with van der Waals surface area (Å²) in [5, 5.41) is 8.57. The number of aliphatic carboxylic acids is 1. The number of benzene rings is 1. The lowest BCUT2D eigenvalue weighted by molar-refractivity contribution is -0.136. The number of carboxylic acids is 1. The van der Waals surface area contributed by atoms with Crippen molar-refractivity contribution in [2.45, 2.75) is 12.8 Å². The van der Waals surface area contributed by atoms with Gasteiger partial charge < -0.3 is 14.6 Å². The summed E-state index contributed by atoms with van der Waals surface area (Å²) in [7, 11) is 2.76. The lowest BCUT2D eigenvalue weighted by atomic mass is 10.1. The van der Waals surface area contributed by atoms with Gasteiger partial charge in [0.05, 0.1) is 14.2 Å². The van der Waals surface area contributed by atoms with Crippen molar-refractivity contribution in [3.63, 3.8) is 0 Å². The third-order valence-corrected chi connectivity index (χ3v) is 2.16. The predicted molar refractivity (Wildman–Crippen MR) is 55.5 cm³/mol. The summed E-state index contributed by atoms with van der Waals surface area (Å²) in [4.78, 5) is 10.4. The van der Waals surface area contributed by atoms with Gasteiger partial charge in [-0.1, -0.05) is 0 Å². The smallest absolute Gasteiger partial charge is 0.303 e. The maximum atomic E-state index is 13.3. The van der Waals surface area contributed by atoms with E-state index in [0.717, 1.165) is 0 Å².